The minimum Gasteiger partial charge on any atom is -0.382 e. The van der Waals surface area contributed by atoms with E-state index < -0.39 is 0 Å². The third-order valence-corrected chi connectivity index (χ3v) is 5.62. The van der Waals surface area contributed by atoms with Gasteiger partial charge in [-0.3, -0.25) is 0 Å². The first-order valence-corrected chi connectivity index (χ1v) is 9.09. The SMILES string of the molecule is CCNC(CCC(C)OC)C1CCOC2(CCCCC2)C1. The highest BCUT2D eigenvalue weighted by Crippen LogP contribution is 2.42. The fraction of sp³-hybridized carbons (Fsp3) is 1.00. The molecule has 1 saturated heterocycles. The number of hydrogen-bond acceptors (Lipinski definition) is 3. The zero-order valence-corrected chi connectivity index (χ0v) is 14.3. The van der Waals surface area contributed by atoms with Gasteiger partial charge in [-0.1, -0.05) is 26.2 Å². The van der Waals surface area contributed by atoms with E-state index in [9.17, 15) is 0 Å². The smallest absolute Gasteiger partial charge is 0.0685 e. The summed E-state index contributed by atoms with van der Waals surface area (Å²) in [5, 5.41) is 3.74. The first kappa shape index (κ1) is 17.2. The highest BCUT2D eigenvalue weighted by atomic mass is 16.5. The van der Waals surface area contributed by atoms with Gasteiger partial charge in [0.25, 0.3) is 0 Å². The van der Waals surface area contributed by atoms with Gasteiger partial charge in [-0.2, -0.15) is 0 Å². The van der Waals surface area contributed by atoms with E-state index in [4.69, 9.17) is 9.47 Å². The molecule has 3 unspecified atom stereocenters. The molecule has 124 valence electrons. The van der Waals surface area contributed by atoms with Gasteiger partial charge in [0.1, 0.15) is 0 Å². The van der Waals surface area contributed by atoms with Crippen molar-refractivity contribution in [2.45, 2.75) is 89.4 Å². The summed E-state index contributed by atoms with van der Waals surface area (Å²) in [5.41, 5.74) is 0.224. The molecule has 2 fully saturated rings. The zero-order valence-electron chi connectivity index (χ0n) is 14.3. The van der Waals surface area contributed by atoms with Crippen molar-refractivity contribution in [3.63, 3.8) is 0 Å². The maximum absolute atomic E-state index is 6.26. The van der Waals surface area contributed by atoms with E-state index in [0.29, 0.717) is 12.1 Å². The van der Waals surface area contributed by atoms with Crippen LogP contribution in [0.1, 0.15) is 71.6 Å². The molecule has 3 nitrogen and oxygen atoms in total. The quantitative estimate of drug-likeness (QED) is 0.773. The average molecular weight is 297 g/mol. The number of nitrogens with one attached hydrogen (secondary N) is 1. The third-order valence-electron chi connectivity index (χ3n) is 5.62. The Hall–Kier alpha value is -0.120. The first-order chi connectivity index (χ1) is 10.2. The van der Waals surface area contributed by atoms with Gasteiger partial charge >= 0.3 is 0 Å². The Kier molecular flexibility index (Phi) is 6.97. The van der Waals surface area contributed by atoms with E-state index in [-0.39, 0.29) is 5.60 Å². The number of hydrogen-bond donors (Lipinski definition) is 1. The van der Waals surface area contributed by atoms with Crippen LogP contribution in [0.5, 0.6) is 0 Å². The molecule has 0 aromatic rings. The van der Waals surface area contributed by atoms with Gasteiger partial charge in [-0.25, -0.2) is 0 Å². The molecular weight excluding hydrogens is 262 g/mol. The monoisotopic (exact) mass is 297 g/mol. The Morgan fingerprint density at radius 1 is 1.24 bits per heavy atom. The molecule has 1 aliphatic heterocycles. The van der Waals surface area contributed by atoms with Crippen LogP contribution in [-0.4, -0.2) is 38.0 Å². The van der Waals surface area contributed by atoms with E-state index in [2.05, 4.69) is 19.2 Å². The minimum absolute atomic E-state index is 0.224. The lowest BCUT2D eigenvalue weighted by molar-refractivity contribution is -0.122. The summed E-state index contributed by atoms with van der Waals surface area (Å²) in [6, 6.07) is 0.635. The molecule has 2 aliphatic rings. The Bertz CT molecular complexity index is 283. The van der Waals surface area contributed by atoms with Gasteiger partial charge in [0.15, 0.2) is 0 Å². The van der Waals surface area contributed by atoms with Gasteiger partial charge in [-0.05, 0) is 57.9 Å². The van der Waals surface area contributed by atoms with Crippen LogP contribution in [0.15, 0.2) is 0 Å². The average Bonchev–Trinajstić information content (AvgIpc) is 2.52. The molecule has 1 N–H and O–H groups in total. The fourth-order valence-corrected chi connectivity index (χ4v) is 4.25. The van der Waals surface area contributed by atoms with Crippen LogP contribution in [-0.2, 0) is 9.47 Å². The zero-order chi connectivity index (χ0) is 15.1. The second-order valence-corrected chi connectivity index (χ2v) is 7.13. The predicted molar refractivity (Wildman–Crippen MR) is 87.7 cm³/mol. The van der Waals surface area contributed by atoms with Gasteiger partial charge in [0, 0.05) is 19.8 Å². The lowest BCUT2D eigenvalue weighted by Gasteiger charge is -2.45. The lowest BCUT2D eigenvalue weighted by Crippen LogP contribution is -2.48. The third kappa shape index (κ3) is 4.94. The first-order valence-electron chi connectivity index (χ1n) is 9.09. The van der Waals surface area contributed by atoms with Gasteiger partial charge < -0.3 is 14.8 Å². The molecule has 3 heteroatoms. The maximum Gasteiger partial charge on any atom is 0.0685 e. The molecular formula is C18H35NO2. The highest BCUT2D eigenvalue weighted by molar-refractivity contribution is 4.93. The van der Waals surface area contributed by atoms with Crippen molar-refractivity contribution >= 4 is 0 Å². The standard InChI is InChI=1S/C18H35NO2/c1-4-19-17(9-8-15(2)20-3)16-10-13-21-18(14-16)11-6-5-7-12-18/h15-17,19H,4-14H2,1-3H3. The van der Waals surface area contributed by atoms with E-state index in [0.717, 1.165) is 25.5 Å². The van der Waals surface area contributed by atoms with Gasteiger partial charge in [-0.15, -0.1) is 0 Å². The van der Waals surface area contributed by atoms with Crippen molar-refractivity contribution in [3.05, 3.63) is 0 Å². The van der Waals surface area contributed by atoms with Crippen LogP contribution in [0.25, 0.3) is 0 Å². The molecule has 21 heavy (non-hydrogen) atoms. The van der Waals surface area contributed by atoms with Crippen molar-refractivity contribution in [1.82, 2.24) is 5.32 Å². The van der Waals surface area contributed by atoms with Crippen LogP contribution in [0, 0.1) is 5.92 Å². The molecule has 2 rings (SSSR count). The molecule has 1 spiro atoms. The summed E-state index contributed by atoms with van der Waals surface area (Å²) in [5.74, 6) is 0.779. The molecule has 0 aromatic carbocycles. The van der Waals surface area contributed by atoms with Crippen molar-refractivity contribution in [3.8, 4) is 0 Å². The number of rotatable bonds is 7. The Labute approximate surface area is 131 Å². The summed E-state index contributed by atoms with van der Waals surface area (Å²) in [6.45, 7) is 6.43. The van der Waals surface area contributed by atoms with E-state index in [1.54, 1.807) is 0 Å². The minimum atomic E-state index is 0.224. The predicted octanol–water partition coefficient (Wildman–Crippen LogP) is 3.91. The molecule has 1 saturated carbocycles. The van der Waals surface area contributed by atoms with Gasteiger partial charge in [0.05, 0.1) is 11.7 Å². The Morgan fingerprint density at radius 2 is 2.00 bits per heavy atom. The fourth-order valence-electron chi connectivity index (χ4n) is 4.25. The van der Waals surface area contributed by atoms with E-state index in [1.807, 2.05) is 7.11 Å². The summed E-state index contributed by atoms with van der Waals surface area (Å²) in [6.07, 6.45) is 11.9. The van der Waals surface area contributed by atoms with Crippen LogP contribution in [0.2, 0.25) is 0 Å². The Morgan fingerprint density at radius 3 is 2.67 bits per heavy atom. The molecule has 3 atom stereocenters. The normalized spacial score (nSPS) is 28.4. The summed E-state index contributed by atoms with van der Waals surface area (Å²) >= 11 is 0. The molecule has 0 amide bonds. The van der Waals surface area contributed by atoms with Crippen LogP contribution in [0.4, 0.5) is 0 Å². The van der Waals surface area contributed by atoms with E-state index >= 15 is 0 Å². The molecule has 0 radical (unpaired) electrons. The largest absolute Gasteiger partial charge is 0.382 e. The van der Waals surface area contributed by atoms with Crippen LogP contribution < -0.4 is 5.32 Å². The lowest BCUT2D eigenvalue weighted by atomic mass is 9.73. The second kappa shape index (κ2) is 8.50. The molecule has 1 aliphatic carbocycles. The number of methoxy groups -OCH3 is 1. The summed E-state index contributed by atoms with van der Waals surface area (Å²) < 4.78 is 11.7. The van der Waals surface area contributed by atoms with Crippen molar-refractivity contribution in [2.75, 3.05) is 20.3 Å². The number of ether oxygens (including phenoxy) is 2. The van der Waals surface area contributed by atoms with Crippen molar-refractivity contribution in [1.29, 1.82) is 0 Å². The molecule has 0 aromatic heterocycles. The van der Waals surface area contributed by atoms with Crippen molar-refractivity contribution < 1.29 is 9.47 Å². The maximum atomic E-state index is 6.26. The van der Waals surface area contributed by atoms with Crippen molar-refractivity contribution in [2.24, 2.45) is 5.92 Å². The highest BCUT2D eigenvalue weighted by Gasteiger charge is 2.40. The summed E-state index contributed by atoms with van der Waals surface area (Å²) in [4.78, 5) is 0. The van der Waals surface area contributed by atoms with Crippen LogP contribution in [0.3, 0.4) is 0 Å². The molecule has 0 bridgehead atoms. The Balaban J connectivity index is 1.91. The van der Waals surface area contributed by atoms with Crippen LogP contribution >= 0.6 is 0 Å². The second-order valence-electron chi connectivity index (χ2n) is 7.13. The van der Waals surface area contributed by atoms with E-state index in [1.165, 1.54) is 51.4 Å². The molecule has 1 heterocycles. The topological polar surface area (TPSA) is 30.5 Å². The van der Waals surface area contributed by atoms with Gasteiger partial charge in [0.2, 0.25) is 0 Å². The summed E-state index contributed by atoms with van der Waals surface area (Å²) in [7, 11) is 1.82.